The van der Waals surface area contributed by atoms with E-state index in [9.17, 15) is 8.78 Å². The van der Waals surface area contributed by atoms with E-state index in [4.69, 9.17) is 0 Å². The third kappa shape index (κ3) is 3.02. The summed E-state index contributed by atoms with van der Waals surface area (Å²) in [6.45, 7) is 7.37. The monoisotopic (exact) mass is 306 g/mol. The molecule has 0 unspecified atom stereocenters. The van der Waals surface area contributed by atoms with Gasteiger partial charge in [0, 0.05) is 38.5 Å². The van der Waals surface area contributed by atoms with Gasteiger partial charge in [-0.2, -0.15) is 0 Å². The zero-order valence-corrected chi connectivity index (χ0v) is 12.9. The van der Waals surface area contributed by atoms with Crippen molar-refractivity contribution in [2.24, 2.45) is 0 Å². The van der Waals surface area contributed by atoms with Crippen molar-refractivity contribution in [3.05, 3.63) is 47.0 Å². The zero-order chi connectivity index (χ0) is 15.7. The van der Waals surface area contributed by atoms with E-state index in [1.807, 2.05) is 0 Å². The van der Waals surface area contributed by atoms with Crippen LogP contribution in [-0.2, 0) is 19.5 Å². The molecule has 1 aliphatic rings. The van der Waals surface area contributed by atoms with Crippen molar-refractivity contribution in [1.29, 1.82) is 0 Å². The van der Waals surface area contributed by atoms with Gasteiger partial charge in [-0.1, -0.05) is 19.9 Å². The summed E-state index contributed by atoms with van der Waals surface area (Å²) < 4.78 is 28.5. The second-order valence-electron chi connectivity index (χ2n) is 6.06. The number of hydrogen-bond acceptors (Lipinski definition) is 3. The van der Waals surface area contributed by atoms with E-state index in [2.05, 4.69) is 33.5 Å². The Morgan fingerprint density at radius 2 is 1.91 bits per heavy atom. The molecule has 2 aromatic rings. The molecule has 22 heavy (non-hydrogen) atoms. The standard InChI is InChI=1S/C16H20F2N4/c1-11(2)16-20-19-15-5-6-21(7-8-22(15)16)10-12-3-4-13(17)14(18)9-12/h3-4,9,11H,5-8,10H2,1-2H3. The minimum absolute atomic E-state index is 0.346. The Kier molecular flexibility index (Phi) is 4.20. The Morgan fingerprint density at radius 1 is 1.09 bits per heavy atom. The molecule has 0 fully saturated rings. The van der Waals surface area contributed by atoms with Crippen molar-refractivity contribution in [3.8, 4) is 0 Å². The summed E-state index contributed by atoms with van der Waals surface area (Å²) >= 11 is 0. The number of hydrogen-bond donors (Lipinski definition) is 0. The molecule has 0 saturated heterocycles. The summed E-state index contributed by atoms with van der Waals surface area (Å²) in [4.78, 5) is 2.24. The Hall–Kier alpha value is -1.82. The first-order chi connectivity index (χ1) is 10.5. The molecule has 6 heteroatoms. The van der Waals surface area contributed by atoms with Crippen molar-refractivity contribution >= 4 is 0 Å². The summed E-state index contributed by atoms with van der Waals surface area (Å²) in [5.74, 6) is 0.791. The van der Waals surface area contributed by atoms with E-state index in [1.54, 1.807) is 6.07 Å². The van der Waals surface area contributed by atoms with Crippen LogP contribution in [-0.4, -0.2) is 32.8 Å². The summed E-state index contributed by atoms with van der Waals surface area (Å²) in [6, 6.07) is 4.11. The Morgan fingerprint density at radius 3 is 2.64 bits per heavy atom. The Bertz CT molecular complexity index is 666. The van der Waals surface area contributed by atoms with Crippen molar-refractivity contribution in [2.75, 3.05) is 13.1 Å². The normalized spacial score (nSPS) is 15.9. The topological polar surface area (TPSA) is 34.0 Å². The summed E-state index contributed by atoms with van der Waals surface area (Å²) in [5, 5.41) is 8.55. The highest BCUT2D eigenvalue weighted by Crippen LogP contribution is 2.18. The fraction of sp³-hybridized carbons (Fsp3) is 0.500. The maximum Gasteiger partial charge on any atom is 0.159 e. The van der Waals surface area contributed by atoms with Crippen molar-refractivity contribution in [2.45, 2.75) is 39.3 Å². The predicted octanol–water partition coefficient (Wildman–Crippen LogP) is 2.74. The van der Waals surface area contributed by atoms with Gasteiger partial charge in [-0.25, -0.2) is 8.78 Å². The molecule has 1 aromatic heterocycles. The third-order valence-electron chi connectivity index (χ3n) is 4.05. The molecule has 4 nitrogen and oxygen atoms in total. The SMILES string of the molecule is CC(C)c1nnc2n1CCN(Cc1ccc(F)c(F)c1)CC2. The van der Waals surface area contributed by atoms with E-state index < -0.39 is 11.6 Å². The van der Waals surface area contributed by atoms with Gasteiger partial charge in [0.15, 0.2) is 11.6 Å². The van der Waals surface area contributed by atoms with Crippen LogP contribution in [0.4, 0.5) is 8.78 Å². The molecule has 2 heterocycles. The molecule has 0 aliphatic carbocycles. The van der Waals surface area contributed by atoms with Crippen LogP contribution >= 0.6 is 0 Å². The highest BCUT2D eigenvalue weighted by molar-refractivity contribution is 5.17. The smallest absolute Gasteiger partial charge is 0.159 e. The van der Waals surface area contributed by atoms with Gasteiger partial charge in [0.2, 0.25) is 0 Å². The molecule has 0 bridgehead atoms. The molecule has 1 aromatic carbocycles. The number of fused-ring (bicyclic) bond motifs is 1. The van der Waals surface area contributed by atoms with Crippen molar-refractivity contribution < 1.29 is 8.78 Å². The molecule has 118 valence electrons. The van der Waals surface area contributed by atoms with Gasteiger partial charge in [0.05, 0.1) is 0 Å². The van der Waals surface area contributed by atoms with Crippen molar-refractivity contribution in [3.63, 3.8) is 0 Å². The highest BCUT2D eigenvalue weighted by atomic mass is 19.2. The minimum Gasteiger partial charge on any atom is -0.313 e. The molecule has 0 saturated carbocycles. The van der Waals surface area contributed by atoms with Crippen molar-refractivity contribution in [1.82, 2.24) is 19.7 Å². The lowest BCUT2D eigenvalue weighted by atomic mass is 10.2. The number of aromatic nitrogens is 3. The van der Waals surface area contributed by atoms with Crippen LogP contribution in [0.5, 0.6) is 0 Å². The van der Waals surface area contributed by atoms with Gasteiger partial charge in [-0.3, -0.25) is 4.90 Å². The lowest BCUT2D eigenvalue weighted by Crippen LogP contribution is -2.27. The van der Waals surface area contributed by atoms with E-state index in [0.717, 1.165) is 43.3 Å². The molecule has 0 radical (unpaired) electrons. The van der Waals surface area contributed by atoms with Crippen LogP contribution in [0.15, 0.2) is 18.2 Å². The quantitative estimate of drug-likeness (QED) is 0.874. The van der Waals surface area contributed by atoms with Crippen LogP contribution in [0.2, 0.25) is 0 Å². The molecular formula is C16H20F2N4. The molecule has 0 N–H and O–H groups in total. The second kappa shape index (κ2) is 6.12. The number of nitrogens with zero attached hydrogens (tertiary/aromatic N) is 4. The molecule has 1 aliphatic heterocycles. The third-order valence-corrected chi connectivity index (χ3v) is 4.05. The highest BCUT2D eigenvalue weighted by Gasteiger charge is 2.20. The number of halogens is 2. The van der Waals surface area contributed by atoms with E-state index in [-0.39, 0.29) is 0 Å². The maximum absolute atomic E-state index is 13.3. The lowest BCUT2D eigenvalue weighted by Gasteiger charge is -2.20. The van der Waals surface area contributed by atoms with Crippen LogP contribution in [0, 0.1) is 11.6 Å². The van der Waals surface area contributed by atoms with Crippen LogP contribution < -0.4 is 0 Å². The van der Waals surface area contributed by atoms with Gasteiger partial charge in [0.1, 0.15) is 11.6 Å². The number of rotatable bonds is 3. The van der Waals surface area contributed by atoms with Crippen LogP contribution in [0.1, 0.15) is 37.0 Å². The first-order valence-electron chi connectivity index (χ1n) is 7.63. The van der Waals surface area contributed by atoms with Gasteiger partial charge in [-0.15, -0.1) is 10.2 Å². The average Bonchev–Trinajstić information content (AvgIpc) is 2.79. The summed E-state index contributed by atoms with van der Waals surface area (Å²) in [6.07, 6.45) is 0.823. The van der Waals surface area contributed by atoms with Gasteiger partial charge in [0.25, 0.3) is 0 Å². The van der Waals surface area contributed by atoms with Gasteiger partial charge < -0.3 is 4.57 Å². The van der Waals surface area contributed by atoms with E-state index in [0.29, 0.717) is 12.5 Å². The largest absolute Gasteiger partial charge is 0.313 e. The first kappa shape index (κ1) is 15.1. The van der Waals surface area contributed by atoms with E-state index in [1.165, 1.54) is 12.1 Å². The molecular weight excluding hydrogens is 286 g/mol. The molecule has 0 spiro atoms. The summed E-state index contributed by atoms with van der Waals surface area (Å²) in [7, 11) is 0. The Labute approximate surface area is 128 Å². The Balaban J connectivity index is 1.70. The molecule has 0 atom stereocenters. The van der Waals surface area contributed by atoms with E-state index >= 15 is 0 Å². The van der Waals surface area contributed by atoms with Crippen LogP contribution in [0.3, 0.4) is 0 Å². The van der Waals surface area contributed by atoms with Gasteiger partial charge >= 0.3 is 0 Å². The minimum atomic E-state index is -0.799. The van der Waals surface area contributed by atoms with Gasteiger partial charge in [-0.05, 0) is 17.7 Å². The number of benzene rings is 1. The fourth-order valence-electron chi connectivity index (χ4n) is 2.87. The fourth-order valence-corrected chi connectivity index (χ4v) is 2.87. The summed E-state index contributed by atoms with van der Waals surface area (Å²) in [5.41, 5.74) is 0.792. The first-order valence-corrected chi connectivity index (χ1v) is 7.63. The second-order valence-corrected chi connectivity index (χ2v) is 6.06. The lowest BCUT2D eigenvalue weighted by molar-refractivity contribution is 0.269. The maximum atomic E-state index is 13.3. The zero-order valence-electron chi connectivity index (χ0n) is 12.9. The average molecular weight is 306 g/mol. The van der Waals surface area contributed by atoms with Crippen LogP contribution in [0.25, 0.3) is 0 Å². The molecule has 3 rings (SSSR count). The molecule has 0 amide bonds. The predicted molar refractivity (Wildman–Crippen MR) is 79.5 cm³/mol.